The number of rotatable bonds is 0. The largest absolute Gasteiger partial charge is 0.522 e. The minimum atomic E-state index is -5.84. The maximum Gasteiger partial charge on any atom is 0.522 e. The first-order chi connectivity index (χ1) is 13.0. The molecule has 0 saturated carbocycles. The molecule has 0 bridgehead atoms. The molecule has 0 aliphatic rings. The molecule has 0 unspecified atom stereocenters. The third-order valence-electron chi connectivity index (χ3n) is 1.17. The van der Waals surface area contributed by atoms with Crippen molar-refractivity contribution in [3.05, 3.63) is 0 Å². The Kier molecular flexibility index (Phi) is 17.0. The first-order valence-electron chi connectivity index (χ1n) is 5.15. The van der Waals surface area contributed by atoms with Gasteiger partial charge in [-0.15, -0.1) is 0 Å². The maximum absolute atomic E-state index is 10.7. The van der Waals surface area contributed by atoms with Crippen LogP contribution >= 0.6 is 0 Å². The molecule has 0 spiro atoms. The molecule has 29 heteroatoms. The molecular weight excluding hydrogens is 775 g/mol. The summed E-state index contributed by atoms with van der Waals surface area (Å²) in [5.74, 6) is 0. The predicted molar refractivity (Wildman–Crippen MR) is 70.4 cm³/mol. The normalized spacial score (nSPS) is 13.6. The minimum absolute atomic E-state index is 0. The smallest absolute Gasteiger partial charge is 0.279 e. The van der Waals surface area contributed by atoms with Gasteiger partial charge in [0.05, 0.1) is 0 Å². The molecule has 0 rings (SSSR count). The molecule has 0 saturated heterocycles. The van der Waals surface area contributed by atoms with Gasteiger partial charge >= 0.3 is 62.5 Å². The molecule has 0 fully saturated rings. The maximum atomic E-state index is 10.7. The van der Waals surface area contributed by atoms with Gasteiger partial charge in [-0.1, -0.05) is 0 Å². The zero-order valence-electron chi connectivity index (χ0n) is 13.7. The second-order valence-electron chi connectivity index (χ2n) is 3.68. The van der Waals surface area contributed by atoms with Crippen molar-refractivity contribution in [3.63, 3.8) is 0 Å². The van der Waals surface area contributed by atoms with Crippen LogP contribution in [0.5, 0.6) is 0 Å². The van der Waals surface area contributed by atoms with Crippen molar-refractivity contribution in [3.8, 4) is 0 Å². The fourth-order valence-electron chi connectivity index (χ4n) is 0. The van der Waals surface area contributed by atoms with E-state index in [0.29, 0.717) is 0 Å². The summed E-state index contributed by atoms with van der Waals surface area (Å²) < 4.78 is 230. The molecule has 4 N–H and O–H groups in total. The van der Waals surface area contributed by atoms with Crippen LogP contribution in [0.2, 0.25) is 0 Å². The summed E-state index contributed by atoms with van der Waals surface area (Å²) >= 11 is 0. The molecule has 204 valence electrons. The molecule has 0 amide bonds. The van der Waals surface area contributed by atoms with Gasteiger partial charge in [0.2, 0.25) is 0 Å². The fourth-order valence-corrected chi connectivity index (χ4v) is 0. The minimum Gasteiger partial charge on any atom is -0.279 e. The molecule has 33 heavy (non-hydrogen) atoms. The Labute approximate surface area is 192 Å². The van der Waals surface area contributed by atoms with Crippen LogP contribution in [-0.2, 0) is 66.3 Å². The van der Waals surface area contributed by atoms with E-state index < -0.39 is 62.5 Å². The second-order valence-corrected chi connectivity index (χ2v) is 9.34. The van der Waals surface area contributed by atoms with Gasteiger partial charge in [-0.2, -0.15) is 86.4 Å². The van der Waals surface area contributed by atoms with Crippen molar-refractivity contribution in [1.82, 2.24) is 0 Å². The SMILES string of the molecule is O=S(=O)(O)C(F)(F)F.O=S(=O)(O)C(F)(F)F.O=S(=O)(O)C(F)(F)F.O=S(=O)(O)C(F)(F)F.[Hf]. The van der Waals surface area contributed by atoms with E-state index in [-0.39, 0.29) is 25.8 Å². The molecule has 0 aromatic heterocycles. The summed E-state index contributed by atoms with van der Waals surface area (Å²) in [5.41, 5.74) is -22.1. The number of hydrogen-bond donors (Lipinski definition) is 4. The zero-order valence-corrected chi connectivity index (χ0v) is 20.6. The number of hydrogen-bond acceptors (Lipinski definition) is 8. The summed E-state index contributed by atoms with van der Waals surface area (Å²) in [7, 11) is -23.4. The topological polar surface area (TPSA) is 217 Å². The Balaban J connectivity index is -0.000000105. The summed E-state index contributed by atoms with van der Waals surface area (Å²) in [6.07, 6.45) is 0. The van der Waals surface area contributed by atoms with Crippen LogP contribution in [-0.4, -0.2) is 73.9 Å². The summed E-state index contributed by atoms with van der Waals surface area (Å²) in [6.45, 7) is 0. The van der Waals surface area contributed by atoms with Crippen LogP contribution < -0.4 is 0 Å². The first-order valence-corrected chi connectivity index (χ1v) is 10.9. The second kappa shape index (κ2) is 13.1. The standard InChI is InChI=1S/4CHF3O3S.Hf/c4*2-1(3,4)8(5,6)7;/h4*(H,5,6,7);. The molecule has 0 aliphatic heterocycles. The van der Waals surface area contributed by atoms with Gasteiger partial charge in [-0.05, 0) is 0 Å². The van der Waals surface area contributed by atoms with Crippen molar-refractivity contribution >= 4 is 40.5 Å². The quantitative estimate of drug-likeness (QED) is 0.119. The molecular formula is C4H4F12HfO12S4. The zero-order chi connectivity index (χ0) is 28.0. The Morgan fingerprint density at radius 2 is 0.364 bits per heavy atom. The van der Waals surface area contributed by atoms with E-state index in [1.807, 2.05) is 0 Å². The predicted octanol–water partition coefficient (Wildman–Crippen LogP) is 1.57. The monoisotopic (exact) mass is 780 g/mol. The van der Waals surface area contributed by atoms with Gasteiger partial charge in [0.1, 0.15) is 0 Å². The van der Waals surface area contributed by atoms with Gasteiger partial charge in [0, 0.05) is 25.8 Å². The summed E-state index contributed by atoms with van der Waals surface area (Å²) in [6, 6.07) is 0. The summed E-state index contributed by atoms with van der Waals surface area (Å²) in [4.78, 5) is 0. The third kappa shape index (κ3) is 21.9. The Morgan fingerprint density at radius 3 is 0.364 bits per heavy atom. The van der Waals surface area contributed by atoms with Gasteiger partial charge < -0.3 is 0 Å². The average molecular weight is 779 g/mol. The van der Waals surface area contributed by atoms with Gasteiger partial charge in [0.15, 0.2) is 0 Å². The van der Waals surface area contributed by atoms with Crippen LogP contribution in [0, 0.1) is 0 Å². The van der Waals surface area contributed by atoms with Gasteiger partial charge in [-0.3, -0.25) is 18.2 Å². The summed E-state index contributed by atoms with van der Waals surface area (Å²) in [5, 5.41) is 0. The van der Waals surface area contributed by atoms with Crippen LogP contribution in [0.3, 0.4) is 0 Å². The van der Waals surface area contributed by atoms with Crippen LogP contribution in [0.15, 0.2) is 0 Å². The van der Waals surface area contributed by atoms with E-state index in [4.69, 9.17) is 51.9 Å². The van der Waals surface area contributed by atoms with Crippen molar-refractivity contribution in [1.29, 1.82) is 0 Å². The van der Waals surface area contributed by atoms with Gasteiger partial charge in [-0.25, -0.2) is 0 Å². The van der Waals surface area contributed by atoms with E-state index in [1.54, 1.807) is 0 Å². The first kappa shape index (κ1) is 42.8. The van der Waals surface area contributed by atoms with E-state index in [9.17, 15) is 52.7 Å². The van der Waals surface area contributed by atoms with Crippen molar-refractivity contribution in [2.75, 3.05) is 0 Å². The van der Waals surface area contributed by atoms with Crippen LogP contribution in [0.4, 0.5) is 52.7 Å². The number of alkyl halides is 12. The number of halogens is 12. The molecule has 0 atom stereocenters. The average Bonchev–Trinajstić information content (AvgIpc) is 2.30. The third-order valence-corrected chi connectivity index (χ3v) is 3.51. The van der Waals surface area contributed by atoms with E-state index in [0.717, 1.165) is 0 Å². The Hall–Kier alpha value is -0.330. The molecule has 0 aromatic rings. The fraction of sp³-hybridized carbons (Fsp3) is 1.00. The van der Waals surface area contributed by atoms with Crippen molar-refractivity contribution in [2.24, 2.45) is 0 Å². The van der Waals surface area contributed by atoms with Crippen molar-refractivity contribution in [2.45, 2.75) is 22.0 Å². The Morgan fingerprint density at radius 1 is 0.333 bits per heavy atom. The van der Waals surface area contributed by atoms with Gasteiger partial charge in [0.25, 0.3) is 0 Å². The molecule has 0 radical (unpaired) electrons. The molecule has 0 aromatic carbocycles. The molecule has 12 nitrogen and oxygen atoms in total. The van der Waals surface area contributed by atoms with E-state index in [2.05, 4.69) is 0 Å². The molecule has 0 heterocycles. The van der Waals surface area contributed by atoms with E-state index in [1.165, 1.54) is 0 Å². The van der Waals surface area contributed by atoms with Crippen molar-refractivity contribution < 1.29 is 130 Å². The van der Waals surface area contributed by atoms with E-state index >= 15 is 0 Å². The van der Waals surface area contributed by atoms with Crippen LogP contribution in [0.1, 0.15) is 0 Å². The Bertz CT molecular complexity index is 828. The molecule has 0 aliphatic carbocycles. The van der Waals surface area contributed by atoms with Crippen LogP contribution in [0.25, 0.3) is 0 Å².